The molecule has 0 aromatic carbocycles. The number of amides is 1. The second kappa shape index (κ2) is 7.61. The van der Waals surface area contributed by atoms with E-state index < -0.39 is 12.6 Å². The number of alkyl halides is 3. The topological polar surface area (TPSA) is 46.3 Å². The minimum absolute atomic E-state index is 0.0471. The Morgan fingerprint density at radius 1 is 1.33 bits per heavy atom. The van der Waals surface area contributed by atoms with Gasteiger partial charge in [-0.25, -0.2) is 0 Å². The lowest BCUT2D eigenvalue weighted by Crippen LogP contribution is -2.33. The molecule has 6 heteroatoms. The van der Waals surface area contributed by atoms with E-state index in [-0.39, 0.29) is 24.8 Å². The first-order chi connectivity index (χ1) is 8.15. The van der Waals surface area contributed by atoms with E-state index in [9.17, 15) is 18.0 Å². The van der Waals surface area contributed by atoms with E-state index in [2.05, 4.69) is 0 Å². The third kappa shape index (κ3) is 8.33. The quantitative estimate of drug-likeness (QED) is 0.770. The SMILES string of the molecule is CC(C)C[C@H](CN)CC(=O)N(C)CCC(F)(F)F. The molecule has 3 nitrogen and oxygen atoms in total. The van der Waals surface area contributed by atoms with E-state index in [1.165, 1.54) is 7.05 Å². The van der Waals surface area contributed by atoms with Crippen LogP contribution in [-0.2, 0) is 4.79 Å². The molecule has 0 aliphatic carbocycles. The zero-order valence-corrected chi connectivity index (χ0v) is 11.3. The first kappa shape index (κ1) is 17.2. The van der Waals surface area contributed by atoms with Crippen LogP contribution in [-0.4, -0.2) is 37.1 Å². The van der Waals surface area contributed by atoms with E-state index in [1.54, 1.807) is 0 Å². The van der Waals surface area contributed by atoms with Gasteiger partial charge in [-0.2, -0.15) is 13.2 Å². The summed E-state index contributed by atoms with van der Waals surface area (Å²) in [6.45, 7) is 4.15. The predicted octanol–water partition coefficient (Wildman–Crippen LogP) is 2.41. The molecule has 0 heterocycles. The van der Waals surface area contributed by atoms with Crippen LogP contribution in [0.15, 0.2) is 0 Å². The number of hydrogen-bond acceptors (Lipinski definition) is 2. The van der Waals surface area contributed by atoms with Gasteiger partial charge in [-0.05, 0) is 24.8 Å². The Hall–Kier alpha value is -0.780. The van der Waals surface area contributed by atoms with Gasteiger partial charge in [0.05, 0.1) is 6.42 Å². The molecule has 0 aromatic rings. The van der Waals surface area contributed by atoms with Gasteiger partial charge in [-0.15, -0.1) is 0 Å². The van der Waals surface area contributed by atoms with E-state index in [0.717, 1.165) is 11.3 Å². The summed E-state index contributed by atoms with van der Waals surface area (Å²) in [7, 11) is 1.40. The molecule has 0 radical (unpaired) electrons. The highest BCUT2D eigenvalue weighted by atomic mass is 19.4. The highest BCUT2D eigenvalue weighted by molar-refractivity contribution is 5.76. The highest BCUT2D eigenvalue weighted by Gasteiger charge is 2.28. The van der Waals surface area contributed by atoms with Gasteiger partial charge >= 0.3 is 6.18 Å². The zero-order valence-electron chi connectivity index (χ0n) is 11.3. The summed E-state index contributed by atoms with van der Waals surface area (Å²) in [5.41, 5.74) is 5.56. The third-order valence-corrected chi connectivity index (χ3v) is 2.76. The van der Waals surface area contributed by atoms with Crippen LogP contribution >= 0.6 is 0 Å². The van der Waals surface area contributed by atoms with Crippen molar-refractivity contribution in [3.05, 3.63) is 0 Å². The monoisotopic (exact) mass is 268 g/mol. The molecule has 0 bridgehead atoms. The molecule has 0 saturated heterocycles. The van der Waals surface area contributed by atoms with Crippen LogP contribution in [0.25, 0.3) is 0 Å². The van der Waals surface area contributed by atoms with Gasteiger partial charge < -0.3 is 10.6 Å². The van der Waals surface area contributed by atoms with Gasteiger partial charge in [0.25, 0.3) is 0 Å². The number of rotatable bonds is 7. The van der Waals surface area contributed by atoms with Crippen LogP contribution in [0, 0.1) is 11.8 Å². The van der Waals surface area contributed by atoms with Crippen molar-refractivity contribution in [1.29, 1.82) is 0 Å². The van der Waals surface area contributed by atoms with Gasteiger partial charge in [-0.3, -0.25) is 4.79 Å². The lowest BCUT2D eigenvalue weighted by atomic mass is 9.94. The first-order valence-electron chi connectivity index (χ1n) is 6.16. The molecule has 0 aromatic heterocycles. The summed E-state index contributed by atoms with van der Waals surface area (Å²) in [4.78, 5) is 12.8. The Bertz CT molecular complexity index is 254. The lowest BCUT2D eigenvalue weighted by Gasteiger charge is -2.22. The summed E-state index contributed by atoms with van der Waals surface area (Å²) in [6.07, 6.45) is -4.15. The molecule has 0 spiro atoms. The third-order valence-electron chi connectivity index (χ3n) is 2.76. The maximum atomic E-state index is 12.0. The molecule has 1 atom stereocenters. The molecule has 0 saturated carbocycles. The number of carbonyl (C=O) groups excluding carboxylic acids is 1. The summed E-state index contributed by atoms with van der Waals surface area (Å²) in [5.74, 6) is 0.202. The first-order valence-corrected chi connectivity index (χ1v) is 6.16. The van der Waals surface area contributed by atoms with Crippen LogP contribution in [0.3, 0.4) is 0 Å². The Labute approximate surface area is 107 Å². The number of hydrogen-bond donors (Lipinski definition) is 1. The molecular formula is C12H23F3N2O. The lowest BCUT2D eigenvalue weighted by molar-refractivity contribution is -0.144. The number of nitrogens with two attached hydrogens (primary N) is 1. The van der Waals surface area contributed by atoms with Crippen LogP contribution < -0.4 is 5.73 Å². The number of carbonyl (C=O) groups is 1. The van der Waals surface area contributed by atoms with Crippen LogP contribution in [0.2, 0.25) is 0 Å². The van der Waals surface area contributed by atoms with Crippen molar-refractivity contribution in [3.8, 4) is 0 Å². The smallest absolute Gasteiger partial charge is 0.345 e. The van der Waals surface area contributed by atoms with Crippen molar-refractivity contribution in [2.24, 2.45) is 17.6 Å². The van der Waals surface area contributed by atoms with Crippen molar-refractivity contribution >= 4 is 5.91 Å². The fraction of sp³-hybridized carbons (Fsp3) is 0.917. The van der Waals surface area contributed by atoms with E-state index >= 15 is 0 Å². The number of halogens is 3. The fourth-order valence-corrected chi connectivity index (χ4v) is 1.75. The van der Waals surface area contributed by atoms with Gasteiger partial charge in [-0.1, -0.05) is 13.8 Å². The maximum Gasteiger partial charge on any atom is 0.390 e. The second-order valence-corrected chi connectivity index (χ2v) is 5.12. The molecule has 1 amide bonds. The van der Waals surface area contributed by atoms with Gasteiger partial charge in [0.15, 0.2) is 0 Å². The molecule has 18 heavy (non-hydrogen) atoms. The Kier molecular flexibility index (Phi) is 7.28. The minimum Gasteiger partial charge on any atom is -0.345 e. The molecule has 0 aliphatic rings. The van der Waals surface area contributed by atoms with Crippen molar-refractivity contribution in [2.75, 3.05) is 20.1 Å². The fourth-order valence-electron chi connectivity index (χ4n) is 1.75. The Balaban J connectivity index is 4.13. The molecule has 0 unspecified atom stereocenters. The average Bonchev–Trinajstić information content (AvgIpc) is 2.22. The molecule has 0 fully saturated rings. The highest BCUT2D eigenvalue weighted by Crippen LogP contribution is 2.20. The standard InChI is InChI=1S/C12H23F3N2O/c1-9(2)6-10(8-16)7-11(18)17(3)5-4-12(13,14)15/h9-10H,4-8,16H2,1-3H3/t10-/m0/s1. The van der Waals surface area contributed by atoms with Gasteiger partial charge in [0.1, 0.15) is 0 Å². The predicted molar refractivity (Wildman–Crippen MR) is 64.9 cm³/mol. The normalized spacial score (nSPS) is 13.8. The van der Waals surface area contributed by atoms with Crippen molar-refractivity contribution in [1.82, 2.24) is 4.90 Å². The molecule has 2 N–H and O–H groups in total. The van der Waals surface area contributed by atoms with Crippen molar-refractivity contribution < 1.29 is 18.0 Å². The summed E-state index contributed by atoms with van der Waals surface area (Å²) >= 11 is 0. The van der Waals surface area contributed by atoms with E-state index in [0.29, 0.717) is 12.5 Å². The Morgan fingerprint density at radius 3 is 2.28 bits per heavy atom. The van der Waals surface area contributed by atoms with Gasteiger partial charge in [0.2, 0.25) is 5.91 Å². The number of nitrogens with zero attached hydrogens (tertiary/aromatic N) is 1. The molecule has 0 rings (SSSR count). The largest absolute Gasteiger partial charge is 0.390 e. The van der Waals surface area contributed by atoms with Crippen LogP contribution in [0.5, 0.6) is 0 Å². The molecule has 0 aliphatic heterocycles. The average molecular weight is 268 g/mol. The van der Waals surface area contributed by atoms with E-state index in [1.807, 2.05) is 13.8 Å². The van der Waals surface area contributed by atoms with Gasteiger partial charge in [0, 0.05) is 20.0 Å². The van der Waals surface area contributed by atoms with Crippen LogP contribution in [0.1, 0.15) is 33.1 Å². The Morgan fingerprint density at radius 2 is 1.89 bits per heavy atom. The van der Waals surface area contributed by atoms with E-state index in [4.69, 9.17) is 5.73 Å². The summed E-state index contributed by atoms with van der Waals surface area (Å²) in [6, 6.07) is 0. The molecule has 108 valence electrons. The summed E-state index contributed by atoms with van der Waals surface area (Å²) < 4.78 is 36.1. The minimum atomic E-state index is -4.22. The summed E-state index contributed by atoms with van der Waals surface area (Å²) in [5, 5.41) is 0. The van der Waals surface area contributed by atoms with Crippen molar-refractivity contribution in [3.63, 3.8) is 0 Å². The maximum absolute atomic E-state index is 12.0. The molecular weight excluding hydrogens is 245 g/mol. The second-order valence-electron chi connectivity index (χ2n) is 5.12. The van der Waals surface area contributed by atoms with Crippen LogP contribution in [0.4, 0.5) is 13.2 Å². The zero-order chi connectivity index (χ0) is 14.3. The van der Waals surface area contributed by atoms with Crippen molar-refractivity contribution in [2.45, 2.75) is 39.3 Å².